The van der Waals surface area contributed by atoms with Gasteiger partial charge >= 0.3 is 0 Å². The molecule has 3 unspecified atom stereocenters. The summed E-state index contributed by atoms with van der Waals surface area (Å²) < 4.78 is 0. The Bertz CT molecular complexity index is 268. The number of rotatable bonds is 4. The maximum atomic E-state index is 6.37. The van der Waals surface area contributed by atoms with Crippen LogP contribution in [0.15, 0.2) is 0 Å². The summed E-state index contributed by atoms with van der Waals surface area (Å²) in [6.07, 6.45) is 9.43. The molecule has 0 bridgehead atoms. The molecule has 0 radical (unpaired) electrons. The van der Waals surface area contributed by atoms with Crippen molar-refractivity contribution < 1.29 is 0 Å². The summed E-state index contributed by atoms with van der Waals surface area (Å²) in [6.45, 7) is 11.0. The molecule has 2 rings (SSSR count). The molecule has 2 heteroatoms. The van der Waals surface area contributed by atoms with Crippen molar-refractivity contribution in [3.63, 3.8) is 0 Å². The summed E-state index contributed by atoms with van der Waals surface area (Å²) in [5.41, 5.74) is 6.97. The third kappa shape index (κ3) is 3.95. The fourth-order valence-electron chi connectivity index (χ4n) is 3.93. The van der Waals surface area contributed by atoms with E-state index in [1.165, 1.54) is 64.6 Å². The van der Waals surface area contributed by atoms with Crippen LogP contribution in [0, 0.1) is 17.3 Å². The highest BCUT2D eigenvalue weighted by Gasteiger charge is 2.32. The summed E-state index contributed by atoms with van der Waals surface area (Å²) in [5, 5.41) is 0. The lowest BCUT2D eigenvalue weighted by molar-refractivity contribution is 0.0823. The van der Waals surface area contributed by atoms with Crippen LogP contribution in [0.2, 0.25) is 0 Å². The first-order valence-electron chi connectivity index (χ1n) is 8.54. The maximum absolute atomic E-state index is 6.37. The molecule has 0 aromatic carbocycles. The Hall–Kier alpha value is -0.0800. The Morgan fingerprint density at radius 3 is 2.42 bits per heavy atom. The summed E-state index contributed by atoms with van der Waals surface area (Å²) in [7, 11) is 0. The van der Waals surface area contributed by atoms with Crippen LogP contribution in [0.3, 0.4) is 0 Å². The highest BCUT2D eigenvalue weighted by Crippen LogP contribution is 2.36. The number of piperidine rings is 1. The second-order valence-corrected chi connectivity index (χ2v) is 7.48. The molecule has 2 nitrogen and oxygen atoms in total. The monoisotopic (exact) mass is 266 g/mol. The summed E-state index contributed by atoms with van der Waals surface area (Å²) >= 11 is 0. The van der Waals surface area contributed by atoms with E-state index in [4.69, 9.17) is 5.73 Å². The first kappa shape index (κ1) is 15.3. The quantitative estimate of drug-likeness (QED) is 0.841. The van der Waals surface area contributed by atoms with Crippen LogP contribution in [-0.4, -0.2) is 30.6 Å². The Morgan fingerprint density at radius 1 is 1.16 bits per heavy atom. The molecule has 1 saturated carbocycles. The average Bonchev–Trinajstić information content (AvgIpc) is 2.44. The van der Waals surface area contributed by atoms with E-state index in [-0.39, 0.29) is 0 Å². The van der Waals surface area contributed by atoms with Gasteiger partial charge in [-0.25, -0.2) is 0 Å². The first-order chi connectivity index (χ1) is 9.06. The van der Waals surface area contributed by atoms with Gasteiger partial charge in [-0.05, 0) is 62.4 Å². The molecule has 1 heterocycles. The van der Waals surface area contributed by atoms with Gasteiger partial charge in [0, 0.05) is 12.6 Å². The van der Waals surface area contributed by atoms with Crippen LogP contribution in [-0.2, 0) is 0 Å². The number of hydrogen-bond acceptors (Lipinski definition) is 2. The van der Waals surface area contributed by atoms with Crippen LogP contribution in [0.5, 0.6) is 0 Å². The van der Waals surface area contributed by atoms with Gasteiger partial charge in [-0.1, -0.05) is 33.6 Å². The molecule has 2 fully saturated rings. The summed E-state index contributed by atoms with van der Waals surface area (Å²) in [5.74, 6) is 1.69. The van der Waals surface area contributed by atoms with E-state index < -0.39 is 0 Å². The maximum Gasteiger partial charge on any atom is 0.00795 e. The van der Waals surface area contributed by atoms with Gasteiger partial charge < -0.3 is 10.6 Å². The van der Waals surface area contributed by atoms with Crippen molar-refractivity contribution in [3.8, 4) is 0 Å². The van der Waals surface area contributed by atoms with Crippen molar-refractivity contribution in [2.24, 2.45) is 23.0 Å². The zero-order valence-corrected chi connectivity index (χ0v) is 13.3. The van der Waals surface area contributed by atoms with E-state index in [0.29, 0.717) is 11.5 Å². The molecule has 2 N–H and O–H groups in total. The van der Waals surface area contributed by atoms with Gasteiger partial charge in [-0.2, -0.15) is 0 Å². The molecule has 0 aromatic heterocycles. The average molecular weight is 266 g/mol. The van der Waals surface area contributed by atoms with E-state index in [0.717, 1.165) is 11.8 Å². The third-order valence-electron chi connectivity index (χ3n) is 6.14. The lowest BCUT2D eigenvalue weighted by Crippen LogP contribution is -2.46. The van der Waals surface area contributed by atoms with Crippen molar-refractivity contribution in [1.29, 1.82) is 0 Å². The number of nitrogens with zero attached hydrogens (tertiary/aromatic N) is 1. The second-order valence-electron chi connectivity index (χ2n) is 7.48. The lowest BCUT2D eigenvalue weighted by Gasteiger charge is -2.42. The van der Waals surface area contributed by atoms with Crippen LogP contribution in [0.4, 0.5) is 0 Å². The van der Waals surface area contributed by atoms with E-state index >= 15 is 0 Å². The number of likely N-dealkylation sites (tertiary alicyclic amines) is 1. The normalized spacial score (nSPS) is 36.3. The van der Waals surface area contributed by atoms with Gasteiger partial charge in [0.2, 0.25) is 0 Å². The topological polar surface area (TPSA) is 29.3 Å². The van der Waals surface area contributed by atoms with Crippen LogP contribution < -0.4 is 5.73 Å². The molecule has 0 amide bonds. The van der Waals surface area contributed by atoms with Gasteiger partial charge in [0.25, 0.3) is 0 Å². The first-order valence-corrected chi connectivity index (χ1v) is 8.54. The summed E-state index contributed by atoms with van der Waals surface area (Å²) in [6, 6.07) is 0.460. The van der Waals surface area contributed by atoms with Crippen molar-refractivity contribution in [2.75, 3.05) is 19.6 Å². The van der Waals surface area contributed by atoms with Crippen LogP contribution >= 0.6 is 0 Å². The fourth-order valence-corrected chi connectivity index (χ4v) is 3.93. The molecule has 3 atom stereocenters. The van der Waals surface area contributed by atoms with E-state index in [1.54, 1.807) is 0 Å². The fraction of sp³-hybridized carbons (Fsp3) is 1.00. The van der Waals surface area contributed by atoms with Gasteiger partial charge in [0.1, 0.15) is 0 Å². The van der Waals surface area contributed by atoms with Crippen molar-refractivity contribution >= 4 is 0 Å². The van der Waals surface area contributed by atoms with Crippen LogP contribution in [0.1, 0.15) is 65.7 Å². The molecule has 2 aliphatic rings. The van der Waals surface area contributed by atoms with Gasteiger partial charge in [0.05, 0.1) is 0 Å². The Labute approximate surface area is 120 Å². The van der Waals surface area contributed by atoms with Crippen molar-refractivity contribution in [2.45, 2.75) is 71.8 Å². The van der Waals surface area contributed by atoms with Crippen LogP contribution in [0.25, 0.3) is 0 Å². The molecule has 1 saturated heterocycles. The van der Waals surface area contributed by atoms with Crippen molar-refractivity contribution in [3.05, 3.63) is 0 Å². The van der Waals surface area contributed by atoms with Gasteiger partial charge in [0.15, 0.2) is 0 Å². The van der Waals surface area contributed by atoms with Gasteiger partial charge in [-0.15, -0.1) is 0 Å². The molecule has 0 aromatic rings. The smallest absolute Gasteiger partial charge is 0.00795 e. The minimum absolute atomic E-state index is 0.460. The predicted octanol–water partition coefficient (Wildman–Crippen LogP) is 3.65. The largest absolute Gasteiger partial charge is 0.327 e. The molecular formula is C17H34N2. The Morgan fingerprint density at radius 2 is 1.84 bits per heavy atom. The predicted molar refractivity (Wildman–Crippen MR) is 83.2 cm³/mol. The highest BCUT2D eigenvalue weighted by atomic mass is 15.1. The standard InChI is InChI=1S/C17H34N2/c1-4-14-6-7-16(18)15(12-14)13-19-10-8-17(3,5-2)9-11-19/h14-16H,4-13,18H2,1-3H3. The minimum Gasteiger partial charge on any atom is -0.327 e. The highest BCUT2D eigenvalue weighted by molar-refractivity contribution is 4.87. The number of hydrogen-bond donors (Lipinski definition) is 1. The third-order valence-corrected chi connectivity index (χ3v) is 6.14. The second kappa shape index (κ2) is 6.58. The summed E-state index contributed by atoms with van der Waals surface area (Å²) in [4.78, 5) is 2.69. The van der Waals surface area contributed by atoms with E-state index in [9.17, 15) is 0 Å². The van der Waals surface area contributed by atoms with E-state index in [2.05, 4.69) is 25.7 Å². The minimum atomic E-state index is 0.460. The number of nitrogens with two attached hydrogens (primary N) is 1. The molecule has 19 heavy (non-hydrogen) atoms. The molecular weight excluding hydrogens is 232 g/mol. The molecule has 1 aliphatic carbocycles. The Balaban J connectivity index is 1.81. The molecule has 1 aliphatic heterocycles. The van der Waals surface area contributed by atoms with Gasteiger partial charge in [-0.3, -0.25) is 0 Å². The lowest BCUT2D eigenvalue weighted by atomic mass is 9.75. The van der Waals surface area contributed by atoms with E-state index in [1.807, 2.05) is 0 Å². The Kier molecular flexibility index (Phi) is 5.30. The molecule has 112 valence electrons. The molecule has 0 spiro atoms. The SMILES string of the molecule is CCC1CCC(N)C(CN2CCC(C)(CC)CC2)C1. The zero-order chi connectivity index (χ0) is 13.9. The zero-order valence-electron chi connectivity index (χ0n) is 13.3. The van der Waals surface area contributed by atoms with Crippen molar-refractivity contribution in [1.82, 2.24) is 4.90 Å².